The monoisotopic (exact) mass is 330 g/mol. The van der Waals surface area contributed by atoms with Crippen LogP contribution in [0.25, 0.3) is 0 Å². The number of nitrogens with one attached hydrogen (secondary N) is 2. The molecule has 1 aromatic carbocycles. The van der Waals surface area contributed by atoms with E-state index in [-0.39, 0.29) is 12.3 Å². The van der Waals surface area contributed by atoms with Gasteiger partial charge in [-0.2, -0.15) is 0 Å². The number of furan rings is 1. The molecule has 7 heteroatoms. The molecule has 0 aliphatic carbocycles. The van der Waals surface area contributed by atoms with Crippen molar-refractivity contribution in [1.82, 2.24) is 5.32 Å². The molecule has 2 amide bonds. The van der Waals surface area contributed by atoms with Gasteiger partial charge in [0.25, 0.3) is 11.8 Å². The maximum Gasteiger partial charge on any atom is 0.325 e. The summed E-state index contributed by atoms with van der Waals surface area (Å²) in [7, 11) is 1.24. The van der Waals surface area contributed by atoms with Gasteiger partial charge in [0.1, 0.15) is 12.3 Å². The Morgan fingerprint density at radius 1 is 1.12 bits per heavy atom. The Kier molecular flexibility index (Phi) is 5.73. The van der Waals surface area contributed by atoms with E-state index in [1.807, 2.05) is 6.92 Å². The molecule has 0 spiro atoms. The van der Waals surface area contributed by atoms with Gasteiger partial charge < -0.3 is 19.8 Å². The Morgan fingerprint density at radius 3 is 2.58 bits per heavy atom. The van der Waals surface area contributed by atoms with Crippen molar-refractivity contribution in [3.63, 3.8) is 0 Å². The van der Waals surface area contributed by atoms with Crippen molar-refractivity contribution in [3.05, 3.63) is 53.5 Å². The summed E-state index contributed by atoms with van der Waals surface area (Å²) in [5.41, 5.74) is 0.755. The number of carbonyl (C=O) groups excluding carboxylic acids is 3. The molecule has 0 saturated heterocycles. The third-order valence-corrected chi connectivity index (χ3v) is 3.24. The summed E-state index contributed by atoms with van der Waals surface area (Å²) in [5.74, 6) is -0.467. The number of hydrogen-bond acceptors (Lipinski definition) is 5. The molecule has 24 heavy (non-hydrogen) atoms. The largest absolute Gasteiger partial charge is 0.468 e. The van der Waals surface area contributed by atoms with Gasteiger partial charge in [0.15, 0.2) is 5.76 Å². The van der Waals surface area contributed by atoms with E-state index in [9.17, 15) is 14.4 Å². The maximum absolute atomic E-state index is 12.1. The normalized spacial score (nSPS) is 10.1. The van der Waals surface area contributed by atoms with Crippen molar-refractivity contribution in [2.75, 3.05) is 19.0 Å². The van der Waals surface area contributed by atoms with Crippen molar-refractivity contribution in [1.29, 1.82) is 0 Å². The Balaban J connectivity index is 2.02. The molecule has 0 saturated carbocycles. The molecule has 2 rings (SSSR count). The third-order valence-electron chi connectivity index (χ3n) is 3.24. The van der Waals surface area contributed by atoms with Gasteiger partial charge in [-0.05, 0) is 30.3 Å². The van der Waals surface area contributed by atoms with Crippen LogP contribution < -0.4 is 10.6 Å². The van der Waals surface area contributed by atoms with Crippen molar-refractivity contribution in [2.45, 2.75) is 13.3 Å². The molecular formula is C17H18N2O5. The molecule has 2 aromatic rings. The summed E-state index contributed by atoms with van der Waals surface area (Å²) in [5, 5.41) is 5.09. The molecule has 0 fully saturated rings. The predicted molar refractivity (Wildman–Crippen MR) is 86.8 cm³/mol. The van der Waals surface area contributed by atoms with Crippen LogP contribution in [0.5, 0.6) is 0 Å². The second kappa shape index (κ2) is 7.96. The van der Waals surface area contributed by atoms with Crippen LogP contribution >= 0.6 is 0 Å². The number of rotatable bonds is 6. The van der Waals surface area contributed by atoms with Gasteiger partial charge in [-0.15, -0.1) is 0 Å². The Morgan fingerprint density at radius 2 is 1.92 bits per heavy atom. The van der Waals surface area contributed by atoms with Crippen molar-refractivity contribution in [3.8, 4) is 0 Å². The van der Waals surface area contributed by atoms with Crippen LogP contribution in [0.3, 0.4) is 0 Å². The molecule has 0 aliphatic heterocycles. The molecule has 1 aromatic heterocycles. The summed E-state index contributed by atoms with van der Waals surface area (Å²) >= 11 is 0. The van der Waals surface area contributed by atoms with Crippen LogP contribution in [0.4, 0.5) is 5.69 Å². The van der Waals surface area contributed by atoms with E-state index in [2.05, 4.69) is 15.4 Å². The van der Waals surface area contributed by atoms with Crippen LogP contribution in [-0.2, 0) is 16.0 Å². The second-order valence-corrected chi connectivity index (χ2v) is 4.91. The molecule has 7 nitrogen and oxygen atoms in total. The topological polar surface area (TPSA) is 97.6 Å². The van der Waals surface area contributed by atoms with Gasteiger partial charge >= 0.3 is 5.97 Å². The van der Waals surface area contributed by atoms with E-state index in [0.717, 1.165) is 5.76 Å². The summed E-state index contributed by atoms with van der Waals surface area (Å²) < 4.78 is 9.83. The summed E-state index contributed by atoms with van der Waals surface area (Å²) in [6.45, 7) is 1.70. The number of carbonyl (C=O) groups is 3. The lowest BCUT2D eigenvalue weighted by Gasteiger charge is -2.07. The number of amides is 2. The van der Waals surface area contributed by atoms with E-state index in [0.29, 0.717) is 17.7 Å². The summed E-state index contributed by atoms with van der Waals surface area (Å²) in [6.07, 6.45) is 0.698. The Hall–Kier alpha value is -3.09. The summed E-state index contributed by atoms with van der Waals surface area (Å²) in [6, 6.07) is 9.70. The fourth-order valence-electron chi connectivity index (χ4n) is 1.95. The zero-order chi connectivity index (χ0) is 17.5. The minimum atomic E-state index is -0.544. The number of esters is 1. The number of hydrogen-bond donors (Lipinski definition) is 2. The molecule has 0 aliphatic rings. The van der Waals surface area contributed by atoms with Crippen LogP contribution in [0.1, 0.15) is 33.6 Å². The predicted octanol–water partition coefficient (Wildman–Crippen LogP) is 2.00. The summed E-state index contributed by atoms with van der Waals surface area (Å²) in [4.78, 5) is 35.1. The van der Waals surface area contributed by atoms with Crippen molar-refractivity contribution < 1.29 is 23.5 Å². The fraction of sp³-hybridized carbons (Fsp3) is 0.235. The molecule has 126 valence electrons. The van der Waals surface area contributed by atoms with Gasteiger partial charge in [0.05, 0.1) is 7.11 Å². The quantitative estimate of drug-likeness (QED) is 0.790. The molecule has 0 atom stereocenters. The number of aryl methyl sites for hydroxylation is 1. The van der Waals surface area contributed by atoms with Crippen LogP contribution in [0, 0.1) is 0 Å². The lowest BCUT2D eigenvalue weighted by molar-refractivity contribution is -0.139. The van der Waals surface area contributed by atoms with E-state index >= 15 is 0 Å². The number of anilines is 1. The standard InChI is InChI=1S/C17H18N2O5/c1-3-13-7-8-14(24-13)17(22)19-12-6-4-5-11(9-12)16(21)18-10-15(20)23-2/h4-9H,3,10H2,1-2H3,(H,18,21)(H,19,22). The van der Waals surface area contributed by atoms with E-state index in [4.69, 9.17) is 4.42 Å². The molecule has 0 unspecified atom stereocenters. The molecular weight excluding hydrogens is 312 g/mol. The Labute approximate surface area is 139 Å². The van der Waals surface area contributed by atoms with Gasteiger partial charge in [0, 0.05) is 17.7 Å². The second-order valence-electron chi connectivity index (χ2n) is 4.91. The van der Waals surface area contributed by atoms with Crippen molar-refractivity contribution >= 4 is 23.5 Å². The zero-order valence-electron chi connectivity index (χ0n) is 13.4. The maximum atomic E-state index is 12.1. The average Bonchev–Trinajstić information content (AvgIpc) is 3.08. The molecule has 0 radical (unpaired) electrons. The van der Waals surface area contributed by atoms with Gasteiger partial charge in [-0.25, -0.2) is 0 Å². The number of ether oxygens (including phenoxy) is 1. The van der Waals surface area contributed by atoms with Gasteiger partial charge in [0.2, 0.25) is 0 Å². The first kappa shape index (κ1) is 17.3. The minimum absolute atomic E-state index is 0.201. The highest BCUT2D eigenvalue weighted by Gasteiger charge is 2.13. The first-order chi connectivity index (χ1) is 11.5. The number of methoxy groups -OCH3 is 1. The van der Waals surface area contributed by atoms with Crippen LogP contribution in [-0.4, -0.2) is 31.4 Å². The van der Waals surface area contributed by atoms with Crippen molar-refractivity contribution in [2.24, 2.45) is 0 Å². The fourth-order valence-corrected chi connectivity index (χ4v) is 1.95. The minimum Gasteiger partial charge on any atom is -0.468 e. The molecule has 1 heterocycles. The highest BCUT2D eigenvalue weighted by Crippen LogP contribution is 2.14. The van der Waals surface area contributed by atoms with E-state index in [1.165, 1.54) is 13.2 Å². The lowest BCUT2D eigenvalue weighted by atomic mass is 10.2. The van der Waals surface area contributed by atoms with E-state index in [1.54, 1.807) is 30.3 Å². The van der Waals surface area contributed by atoms with Gasteiger partial charge in [-0.3, -0.25) is 14.4 Å². The number of benzene rings is 1. The SMILES string of the molecule is CCc1ccc(C(=O)Nc2cccc(C(=O)NCC(=O)OC)c2)o1. The third kappa shape index (κ3) is 4.45. The lowest BCUT2D eigenvalue weighted by Crippen LogP contribution is -2.30. The zero-order valence-corrected chi connectivity index (χ0v) is 13.4. The highest BCUT2D eigenvalue weighted by molar-refractivity contribution is 6.03. The first-order valence-electron chi connectivity index (χ1n) is 7.38. The molecule has 0 bridgehead atoms. The van der Waals surface area contributed by atoms with Crippen LogP contribution in [0.2, 0.25) is 0 Å². The van der Waals surface area contributed by atoms with Gasteiger partial charge in [-0.1, -0.05) is 13.0 Å². The average molecular weight is 330 g/mol. The Bertz CT molecular complexity index is 751. The van der Waals surface area contributed by atoms with Crippen LogP contribution in [0.15, 0.2) is 40.8 Å². The highest BCUT2D eigenvalue weighted by atomic mass is 16.5. The first-order valence-corrected chi connectivity index (χ1v) is 7.38. The smallest absolute Gasteiger partial charge is 0.325 e. The van der Waals surface area contributed by atoms with E-state index < -0.39 is 17.8 Å². The molecule has 2 N–H and O–H groups in total.